The van der Waals surface area contributed by atoms with Gasteiger partial charge in [0.1, 0.15) is 17.8 Å². The molecule has 1 aromatic carbocycles. The highest BCUT2D eigenvalue weighted by Gasteiger charge is 2.11. The molecule has 0 bridgehead atoms. The fourth-order valence-electron chi connectivity index (χ4n) is 1.42. The highest BCUT2D eigenvalue weighted by atomic mass is 19.1. The van der Waals surface area contributed by atoms with E-state index >= 15 is 0 Å². The summed E-state index contributed by atoms with van der Waals surface area (Å²) in [7, 11) is 0. The summed E-state index contributed by atoms with van der Waals surface area (Å²) >= 11 is 0. The Morgan fingerprint density at radius 1 is 1.35 bits per heavy atom. The fraction of sp³-hybridized carbons (Fsp3) is 0.0833. The average molecular weight is 279 g/mol. The molecule has 3 N–H and O–H groups in total. The maximum absolute atomic E-state index is 13.4. The second kappa shape index (κ2) is 5.83. The number of carbonyl (C=O) groups is 2. The van der Waals surface area contributed by atoms with Crippen LogP contribution < -0.4 is 10.6 Å². The number of hydrogen-bond acceptors (Lipinski definition) is 4. The van der Waals surface area contributed by atoms with E-state index < -0.39 is 17.8 Å². The van der Waals surface area contributed by atoms with Crippen molar-refractivity contribution in [3.63, 3.8) is 0 Å². The molecule has 0 unspecified atom stereocenters. The number of hydrogen-bond donors (Lipinski definition) is 3. The molecule has 104 valence electrons. The summed E-state index contributed by atoms with van der Waals surface area (Å²) in [5.41, 5.74) is 0.153. The summed E-state index contributed by atoms with van der Waals surface area (Å²) in [4.78, 5) is 22.3. The number of aromatic carboxylic acids is 1. The molecule has 2 aromatic rings. The van der Waals surface area contributed by atoms with Gasteiger partial charge in [-0.1, -0.05) is 5.16 Å². The van der Waals surface area contributed by atoms with Crippen LogP contribution >= 0.6 is 0 Å². The van der Waals surface area contributed by atoms with Gasteiger partial charge in [0.15, 0.2) is 0 Å². The molecule has 1 aromatic heterocycles. The fourth-order valence-corrected chi connectivity index (χ4v) is 1.42. The van der Waals surface area contributed by atoms with E-state index in [0.29, 0.717) is 5.69 Å². The minimum absolute atomic E-state index is 0.0998. The van der Waals surface area contributed by atoms with E-state index in [2.05, 4.69) is 20.3 Å². The highest BCUT2D eigenvalue weighted by molar-refractivity contribution is 5.93. The Hall–Kier alpha value is -2.90. The molecule has 8 heteroatoms. The number of rotatable bonds is 4. The summed E-state index contributed by atoms with van der Waals surface area (Å²) in [6.45, 7) is 0.0998. The molecule has 7 nitrogen and oxygen atoms in total. The van der Waals surface area contributed by atoms with Crippen molar-refractivity contribution in [1.82, 2.24) is 10.5 Å². The lowest BCUT2D eigenvalue weighted by atomic mass is 10.2. The van der Waals surface area contributed by atoms with Crippen LogP contribution in [-0.4, -0.2) is 22.3 Å². The van der Waals surface area contributed by atoms with Crippen molar-refractivity contribution < 1.29 is 23.6 Å². The molecule has 0 radical (unpaired) electrons. The van der Waals surface area contributed by atoms with E-state index in [1.807, 2.05) is 0 Å². The monoisotopic (exact) mass is 279 g/mol. The van der Waals surface area contributed by atoms with Crippen LogP contribution in [0.1, 0.15) is 16.1 Å². The lowest BCUT2D eigenvalue weighted by Gasteiger charge is -2.08. The van der Waals surface area contributed by atoms with Crippen LogP contribution in [0.15, 0.2) is 35.1 Å². The summed E-state index contributed by atoms with van der Waals surface area (Å²) in [6.07, 6.45) is 1.35. The summed E-state index contributed by atoms with van der Waals surface area (Å²) in [5, 5.41) is 17.0. The average Bonchev–Trinajstić information content (AvgIpc) is 2.92. The quantitative estimate of drug-likeness (QED) is 0.792. The molecule has 0 aliphatic rings. The van der Waals surface area contributed by atoms with Crippen molar-refractivity contribution in [2.75, 3.05) is 5.32 Å². The van der Waals surface area contributed by atoms with Crippen LogP contribution in [-0.2, 0) is 6.54 Å². The van der Waals surface area contributed by atoms with E-state index in [9.17, 15) is 14.0 Å². The van der Waals surface area contributed by atoms with Gasteiger partial charge in [0, 0.05) is 6.07 Å². The van der Waals surface area contributed by atoms with Crippen LogP contribution in [0, 0.1) is 5.82 Å². The van der Waals surface area contributed by atoms with Gasteiger partial charge in [0.25, 0.3) is 0 Å². The standard InChI is InChI=1S/C12H10FN3O4/c13-9-2-1-7(11(17)18)5-10(9)15-12(19)14-6-8-3-4-20-16-8/h1-5H,6H2,(H,17,18)(H2,14,15,19). The Bertz CT molecular complexity index is 628. The summed E-state index contributed by atoms with van der Waals surface area (Å²) in [6, 6.07) is 3.99. The molecule has 2 amide bonds. The van der Waals surface area contributed by atoms with Gasteiger partial charge in [-0.3, -0.25) is 0 Å². The number of carbonyl (C=O) groups excluding carboxylic acids is 1. The normalized spacial score (nSPS) is 10.1. The van der Waals surface area contributed by atoms with E-state index in [4.69, 9.17) is 5.11 Å². The number of benzene rings is 1. The zero-order valence-corrected chi connectivity index (χ0v) is 10.1. The molecule has 2 rings (SSSR count). The SMILES string of the molecule is O=C(NCc1ccon1)Nc1cc(C(=O)O)ccc1F. The third-order valence-corrected chi connectivity index (χ3v) is 2.38. The molecular formula is C12H10FN3O4. The van der Waals surface area contributed by atoms with Crippen LogP contribution in [0.3, 0.4) is 0 Å². The number of nitrogens with zero attached hydrogens (tertiary/aromatic N) is 1. The number of nitrogens with one attached hydrogen (secondary N) is 2. The maximum atomic E-state index is 13.4. The Kier molecular flexibility index (Phi) is 3.94. The smallest absolute Gasteiger partial charge is 0.335 e. The first-order valence-corrected chi connectivity index (χ1v) is 5.53. The third kappa shape index (κ3) is 3.31. The Morgan fingerprint density at radius 3 is 2.80 bits per heavy atom. The zero-order chi connectivity index (χ0) is 14.5. The van der Waals surface area contributed by atoms with E-state index in [-0.39, 0.29) is 17.8 Å². The lowest BCUT2D eigenvalue weighted by molar-refractivity contribution is 0.0697. The van der Waals surface area contributed by atoms with Gasteiger partial charge in [0.05, 0.1) is 17.8 Å². The molecule has 20 heavy (non-hydrogen) atoms. The molecule has 0 atom stereocenters. The predicted molar refractivity (Wildman–Crippen MR) is 65.7 cm³/mol. The maximum Gasteiger partial charge on any atom is 0.335 e. The number of carboxylic acid groups (broad SMARTS) is 1. The molecule has 0 saturated carbocycles. The van der Waals surface area contributed by atoms with E-state index in [1.165, 1.54) is 6.26 Å². The lowest BCUT2D eigenvalue weighted by Crippen LogP contribution is -2.28. The minimum Gasteiger partial charge on any atom is -0.478 e. The van der Waals surface area contributed by atoms with Gasteiger partial charge in [-0.25, -0.2) is 14.0 Å². The molecular weight excluding hydrogens is 269 g/mol. The number of amides is 2. The van der Waals surface area contributed by atoms with Gasteiger partial charge < -0.3 is 20.3 Å². The highest BCUT2D eigenvalue weighted by Crippen LogP contribution is 2.16. The van der Waals surface area contributed by atoms with Gasteiger partial charge >= 0.3 is 12.0 Å². The van der Waals surface area contributed by atoms with E-state index in [0.717, 1.165) is 18.2 Å². The van der Waals surface area contributed by atoms with Gasteiger partial charge in [-0.15, -0.1) is 0 Å². The number of aromatic nitrogens is 1. The van der Waals surface area contributed by atoms with Crippen molar-refractivity contribution >= 4 is 17.7 Å². The first kappa shape index (κ1) is 13.5. The number of carboxylic acids is 1. The van der Waals surface area contributed by atoms with Crippen molar-refractivity contribution in [3.05, 3.63) is 47.6 Å². The van der Waals surface area contributed by atoms with Crippen molar-refractivity contribution in [2.45, 2.75) is 6.54 Å². The molecule has 0 fully saturated rings. The van der Waals surface area contributed by atoms with Crippen LogP contribution in [0.5, 0.6) is 0 Å². The molecule has 0 aliphatic carbocycles. The second-order valence-electron chi connectivity index (χ2n) is 3.80. The summed E-state index contributed by atoms with van der Waals surface area (Å²) < 4.78 is 18.0. The van der Waals surface area contributed by atoms with Crippen molar-refractivity contribution in [1.29, 1.82) is 0 Å². The Morgan fingerprint density at radius 2 is 2.15 bits per heavy atom. The van der Waals surface area contributed by atoms with Crippen molar-refractivity contribution in [2.24, 2.45) is 0 Å². The zero-order valence-electron chi connectivity index (χ0n) is 10.1. The largest absolute Gasteiger partial charge is 0.478 e. The topological polar surface area (TPSA) is 104 Å². The van der Waals surface area contributed by atoms with E-state index in [1.54, 1.807) is 6.07 Å². The summed E-state index contributed by atoms with van der Waals surface area (Å²) in [5.74, 6) is -1.94. The molecule has 1 heterocycles. The van der Waals surface area contributed by atoms with Crippen LogP contribution in [0.25, 0.3) is 0 Å². The van der Waals surface area contributed by atoms with Crippen LogP contribution in [0.2, 0.25) is 0 Å². The second-order valence-corrected chi connectivity index (χ2v) is 3.80. The Labute approximate surface area is 112 Å². The first-order valence-electron chi connectivity index (χ1n) is 5.53. The predicted octanol–water partition coefficient (Wildman–Crippen LogP) is 1.83. The number of halogens is 1. The molecule has 0 spiro atoms. The molecule has 0 saturated heterocycles. The first-order chi connectivity index (χ1) is 9.56. The third-order valence-electron chi connectivity index (χ3n) is 2.38. The molecule has 0 aliphatic heterocycles. The van der Waals surface area contributed by atoms with Gasteiger partial charge in [-0.05, 0) is 18.2 Å². The van der Waals surface area contributed by atoms with Crippen LogP contribution in [0.4, 0.5) is 14.9 Å². The van der Waals surface area contributed by atoms with Crippen molar-refractivity contribution in [3.8, 4) is 0 Å². The Balaban J connectivity index is 2.00. The number of anilines is 1. The van der Waals surface area contributed by atoms with Gasteiger partial charge in [0.2, 0.25) is 0 Å². The minimum atomic E-state index is -1.21. The van der Waals surface area contributed by atoms with Gasteiger partial charge in [-0.2, -0.15) is 0 Å². The number of urea groups is 1.